The molecule has 3 rings (SSSR count). The Balaban J connectivity index is 1.38. The summed E-state index contributed by atoms with van der Waals surface area (Å²) in [6, 6.07) is 10.2. The molecule has 2 amide bonds. The zero-order chi connectivity index (χ0) is 18.2. The zero-order valence-electron chi connectivity index (χ0n) is 15.2. The highest BCUT2D eigenvalue weighted by atomic mass is 16.5. The summed E-state index contributed by atoms with van der Waals surface area (Å²) in [6.45, 7) is 6.26. The van der Waals surface area contributed by atoms with Crippen molar-refractivity contribution in [2.24, 2.45) is 0 Å². The second-order valence-corrected chi connectivity index (χ2v) is 6.66. The standard InChI is InChI=1S/C20H27N3O3/c24-19(17-20(25)23-13-15-26-16-14-23)22-11-9-21(10-12-22)8-4-7-18-5-2-1-3-6-18/h1-7H,8-17H2/b7-4+. The van der Waals surface area contributed by atoms with Gasteiger partial charge in [-0.1, -0.05) is 42.5 Å². The Morgan fingerprint density at radius 3 is 2.15 bits per heavy atom. The van der Waals surface area contributed by atoms with Crippen LogP contribution in [0.1, 0.15) is 12.0 Å². The molecule has 0 N–H and O–H groups in total. The molecule has 6 heteroatoms. The molecule has 2 heterocycles. The number of piperazine rings is 1. The molecule has 2 fully saturated rings. The summed E-state index contributed by atoms with van der Waals surface area (Å²) in [7, 11) is 0. The average Bonchev–Trinajstić information content (AvgIpc) is 2.70. The van der Waals surface area contributed by atoms with Gasteiger partial charge < -0.3 is 14.5 Å². The molecule has 0 spiro atoms. The van der Waals surface area contributed by atoms with E-state index in [2.05, 4.69) is 29.2 Å². The lowest BCUT2D eigenvalue weighted by Gasteiger charge is -2.34. The maximum Gasteiger partial charge on any atom is 0.232 e. The summed E-state index contributed by atoms with van der Waals surface area (Å²) in [6.07, 6.45) is 4.27. The first-order valence-corrected chi connectivity index (χ1v) is 9.29. The Bertz CT molecular complexity index is 618. The Morgan fingerprint density at radius 1 is 0.885 bits per heavy atom. The molecule has 0 bridgehead atoms. The van der Waals surface area contributed by atoms with Crippen LogP contribution in [0.3, 0.4) is 0 Å². The van der Waals surface area contributed by atoms with Gasteiger partial charge in [-0.3, -0.25) is 14.5 Å². The van der Waals surface area contributed by atoms with Crippen LogP contribution >= 0.6 is 0 Å². The lowest BCUT2D eigenvalue weighted by Crippen LogP contribution is -2.50. The first kappa shape index (κ1) is 18.6. The zero-order valence-corrected chi connectivity index (χ0v) is 15.2. The van der Waals surface area contributed by atoms with E-state index in [1.807, 2.05) is 23.1 Å². The summed E-state index contributed by atoms with van der Waals surface area (Å²) in [5.41, 5.74) is 1.20. The van der Waals surface area contributed by atoms with Gasteiger partial charge in [0.2, 0.25) is 11.8 Å². The van der Waals surface area contributed by atoms with Gasteiger partial charge in [0.15, 0.2) is 0 Å². The molecule has 2 aliphatic heterocycles. The smallest absolute Gasteiger partial charge is 0.232 e. The van der Waals surface area contributed by atoms with E-state index in [4.69, 9.17) is 4.74 Å². The molecule has 2 saturated heterocycles. The fourth-order valence-corrected chi connectivity index (χ4v) is 3.25. The lowest BCUT2D eigenvalue weighted by atomic mass is 10.2. The summed E-state index contributed by atoms with van der Waals surface area (Å²) >= 11 is 0. The number of nitrogens with zero attached hydrogens (tertiary/aromatic N) is 3. The molecule has 1 aromatic rings. The second-order valence-electron chi connectivity index (χ2n) is 6.66. The van der Waals surface area contributed by atoms with Gasteiger partial charge in [0, 0.05) is 45.8 Å². The minimum atomic E-state index is -0.0773. The number of amides is 2. The third-order valence-corrected chi connectivity index (χ3v) is 4.86. The highest BCUT2D eigenvalue weighted by Gasteiger charge is 2.25. The first-order valence-electron chi connectivity index (χ1n) is 9.29. The number of morpholine rings is 1. The van der Waals surface area contributed by atoms with Crippen LogP contribution in [0.2, 0.25) is 0 Å². The van der Waals surface area contributed by atoms with Crippen molar-refractivity contribution in [3.63, 3.8) is 0 Å². The third-order valence-electron chi connectivity index (χ3n) is 4.86. The fourth-order valence-electron chi connectivity index (χ4n) is 3.25. The van der Waals surface area contributed by atoms with Gasteiger partial charge in [0.25, 0.3) is 0 Å². The van der Waals surface area contributed by atoms with Crippen LogP contribution in [0.5, 0.6) is 0 Å². The van der Waals surface area contributed by atoms with E-state index in [1.165, 1.54) is 5.56 Å². The van der Waals surface area contributed by atoms with Crippen molar-refractivity contribution in [1.29, 1.82) is 0 Å². The summed E-state index contributed by atoms with van der Waals surface area (Å²) in [5.74, 6) is -0.132. The first-order chi connectivity index (χ1) is 12.7. The van der Waals surface area contributed by atoms with Gasteiger partial charge in [-0.2, -0.15) is 0 Å². The molecule has 0 radical (unpaired) electrons. The highest BCUT2D eigenvalue weighted by Crippen LogP contribution is 2.08. The largest absolute Gasteiger partial charge is 0.378 e. The number of benzene rings is 1. The minimum Gasteiger partial charge on any atom is -0.378 e. The van der Waals surface area contributed by atoms with E-state index in [0.29, 0.717) is 39.4 Å². The van der Waals surface area contributed by atoms with Crippen LogP contribution in [-0.2, 0) is 14.3 Å². The highest BCUT2D eigenvalue weighted by molar-refractivity contribution is 5.97. The lowest BCUT2D eigenvalue weighted by molar-refractivity contribution is -0.143. The molecule has 6 nitrogen and oxygen atoms in total. The van der Waals surface area contributed by atoms with Crippen molar-refractivity contribution in [3.05, 3.63) is 42.0 Å². The summed E-state index contributed by atoms with van der Waals surface area (Å²) in [4.78, 5) is 30.4. The molecule has 0 aliphatic carbocycles. The molecular weight excluding hydrogens is 330 g/mol. The van der Waals surface area contributed by atoms with Gasteiger partial charge in [-0.15, -0.1) is 0 Å². The molecular formula is C20H27N3O3. The number of rotatable bonds is 5. The molecule has 0 atom stereocenters. The van der Waals surface area contributed by atoms with Crippen LogP contribution < -0.4 is 0 Å². The normalized spacial score (nSPS) is 19.1. The average molecular weight is 357 g/mol. The Kier molecular flexibility index (Phi) is 6.80. The van der Waals surface area contributed by atoms with Crippen molar-refractivity contribution in [1.82, 2.24) is 14.7 Å². The number of hydrogen-bond donors (Lipinski definition) is 0. The predicted octanol–water partition coefficient (Wildman–Crippen LogP) is 1.09. The minimum absolute atomic E-state index is 0.0199. The summed E-state index contributed by atoms with van der Waals surface area (Å²) < 4.78 is 5.24. The molecule has 0 saturated carbocycles. The Hall–Kier alpha value is -2.18. The van der Waals surface area contributed by atoms with E-state index in [1.54, 1.807) is 4.90 Å². The van der Waals surface area contributed by atoms with Crippen LogP contribution in [0.4, 0.5) is 0 Å². The van der Waals surface area contributed by atoms with Crippen molar-refractivity contribution in [2.45, 2.75) is 6.42 Å². The van der Waals surface area contributed by atoms with E-state index < -0.39 is 0 Å². The van der Waals surface area contributed by atoms with Crippen LogP contribution in [0, 0.1) is 0 Å². The maximum atomic E-state index is 12.4. The van der Waals surface area contributed by atoms with E-state index in [0.717, 1.165) is 19.6 Å². The van der Waals surface area contributed by atoms with Crippen molar-refractivity contribution in [3.8, 4) is 0 Å². The number of hydrogen-bond acceptors (Lipinski definition) is 4. The van der Waals surface area contributed by atoms with Crippen molar-refractivity contribution >= 4 is 17.9 Å². The maximum absolute atomic E-state index is 12.4. The van der Waals surface area contributed by atoms with Crippen molar-refractivity contribution in [2.75, 3.05) is 59.0 Å². The number of ether oxygens (including phenoxy) is 1. The van der Waals surface area contributed by atoms with E-state index >= 15 is 0 Å². The quantitative estimate of drug-likeness (QED) is 0.741. The Morgan fingerprint density at radius 2 is 1.50 bits per heavy atom. The van der Waals surface area contributed by atoms with Gasteiger partial charge in [-0.25, -0.2) is 0 Å². The molecule has 140 valence electrons. The topological polar surface area (TPSA) is 53.1 Å². The van der Waals surface area contributed by atoms with Crippen LogP contribution in [0.25, 0.3) is 6.08 Å². The second kappa shape index (κ2) is 9.50. The number of carbonyl (C=O) groups excluding carboxylic acids is 2. The molecule has 1 aromatic carbocycles. The Labute approximate surface area is 155 Å². The predicted molar refractivity (Wildman–Crippen MR) is 101 cm³/mol. The molecule has 0 aromatic heterocycles. The van der Waals surface area contributed by atoms with Crippen molar-refractivity contribution < 1.29 is 14.3 Å². The molecule has 2 aliphatic rings. The molecule has 26 heavy (non-hydrogen) atoms. The van der Waals surface area contributed by atoms with Gasteiger partial charge in [-0.05, 0) is 5.56 Å². The summed E-state index contributed by atoms with van der Waals surface area (Å²) in [5, 5.41) is 0. The monoisotopic (exact) mass is 357 g/mol. The third kappa shape index (κ3) is 5.41. The van der Waals surface area contributed by atoms with E-state index in [-0.39, 0.29) is 18.2 Å². The number of carbonyl (C=O) groups is 2. The fraction of sp³-hybridized carbons (Fsp3) is 0.500. The SMILES string of the molecule is O=C(CC(=O)N1CCN(C/C=C/c2ccccc2)CC1)N1CCOCC1. The van der Waals surface area contributed by atoms with Crippen LogP contribution in [0.15, 0.2) is 36.4 Å². The van der Waals surface area contributed by atoms with Gasteiger partial charge in [0.05, 0.1) is 13.2 Å². The van der Waals surface area contributed by atoms with E-state index in [9.17, 15) is 9.59 Å². The molecule has 0 unspecified atom stereocenters. The van der Waals surface area contributed by atoms with Gasteiger partial charge in [0.1, 0.15) is 6.42 Å². The van der Waals surface area contributed by atoms with Crippen LogP contribution in [-0.4, -0.2) is 85.5 Å². The van der Waals surface area contributed by atoms with Gasteiger partial charge >= 0.3 is 0 Å².